The molecule has 0 spiro atoms. The van der Waals surface area contributed by atoms with E-state index in [4.69, 9.17) is 0 Å². The summed E-state index contributed by atoms with van der Waals surface area (Å²) < 4.78 is 1.99. The number of rotatable bonds is 4. The molecular formula is C12H17Br2N3. The summed E-state index contributed by atoms with van der Waals surface area (Å²) in [5.74, 6) is 0.917. The van der Waals surface area contributed by atoms with E-state index in [1.807, 2.05) is 12.3 Å². The molecule has 1 atom stereocenters. The molecule has 0 bridgehead atoms. The maximum Gasteiger partial charge on any atom is 0.140 e. The molecule has 1 aromatic rings. The largest absolute Gasteiger partial charge is 0.365 e. The number of likely N-dealkylation sites (tertiary alicyclic amines) is 1. The first-order chi connectivity index (χ1) is 8.15. The molecule has 5 heteroatoms. The molecule has 94 valence electrons. The van der Waals surface area contributed by atoms with Gasteiger partial charge in [0.25, 0.3) is 0 Å². The van der Waals surface area contributed by atoms with Crippen LogP contribution in [-0.2, 0) is 0 Å². The third kappa shape index (κ3) is 3.93. The van der Waals surface area contributed by atoms with Gasteiger partial charge >= 0.3 is 0 Å². The van der Waals surface area contributed by atoms with Crippen molar-refractivity contribution in [1.82, 2.24) is 9.88 Å². The SMILES string of the molecule is CC(CN1CCCC1)Nc1ncc(Br)cc1Br. The van der Waals surface area contributed by atoms with Crippen LogP contribution in [0.25, 0.3) is 0 Å². The lowest BCUT2D eigenvalue weighted by Gasteiger charge is -2.22. The number of hydrogen-bond donors (Lipinski definition) is 1. The summed E-state index contributed by atoms with van der Waals surface area (Å²) in [6, 6.07) is 2.43. The zero-order valence-electron chi connectivity index (χ0n) is 9.92. The van der Waals surface area contributed by atoms with Crippen LogP contribution in [0.4, 0.5) is 5.82 Å². The van der Waals surface area contributed by atoms with Crippen LogP contribution >= 0.6 is 31.9 Å². The van der Waals surface area contributed by atoms with E-state index in [-0.39, 0.29) is 0 Å². The molecule has 0 radical (unpaired) electrons. The number of aromatic nitrogens is 1. The lowest BCUT2D eigenvalue weighted by Crippen LogP contribution is -2.33. The van der Waals surface area contributed by atoms with Crippen LogP contribution in [0.15, 0.2) is 21.2 Å². The smallest absolute Gasteiger partial charge is 0.140 e. The molecule has 0 amide bonds. The lowest BCUT2D eigenvalue weighted by atomic mass is 10.3. The first-order valence-electron chi connectivity index (χ1n) is 5.95. The normalized spacial score (nSPS) is 18.3. The van der Waals surface area contributed by atoms with Crippen LogP contribution in [0.5, 0.6) is 0 Å². The highest BCUT2D eigenvalue weighted by Gasteiger charge is 2.15. The number of hydrogen-bond acceptors (Lipinski definition) is 3. The second-order valence-electron chi connectivity index (χ2n) is 4.54. The predicted octanol–water partition coefficient (Wildman–Crippen LogP) is 3.50. The number of halogens is 2. The van der Waals surface area contributed by atoms with E-state index in [2.05, 4.69) is 54.0 Å². The minimum atomic E-state index is 0.415. The van der Waals surface area contributed by atoms with Gasteiger partial charge in [0.1, 0.15) is 5.82 Å². The van der Waals surface area contributed by atoms with Crippen molar-refractivity contribution < 1.29 is 0 Å². The molecule has 17 heavy (non-hydrogen) atoms. The Labute approximate surface area is 119 Å². The molecule has 1 saturated heterocycles. The van der Waals surface area contributed by atoms with Crippen LogP contribution in [0.3, 0.4) is 0 Å². The molecule has 2 rings (SSSR count). The van der Waals surface area contributed by atoms with Gasteiger partial charge < -0.3 is 10.2 Å². The number of anilines is 1. The Morgan fingerprint density at radius 3 is 2.76 bits per heavy atom. The zero-order valence-corrected chi connectivity index (χ0v) is 13.1. The van der Waals surface area contributed by atoms with Crippen molar-refractivity contribution in [3.8, 4) is 0 Å². The van der Waals surface area contributed by atoms with E-state index in [0.29, 0.717) is 6.04 Å². The Morgan fingerprint density at radius 1 is 1.41 bits per heavy atom. The van der Waals surface area contributed by atoms with Gasteiger partial charge in [-0.15, -0.1) is 0 Å². The van der Waals surface area contributed by atoms with E-state index < -0.39 is 0 Å². The van der Waals surface area contributed by atoms with Gasteiger partial charge in [0.2, 0.25) is 0 Å². The summed E-state index contributed by atoms with van der Waals surface area (Å²) in [6.45, 7) is 5.76. The van der Waals surface area contributed by atoms with Crippen molar-refractivity contribution in [3.63, 3.8) is 0 Å². The fourth-order valence-electron chi connectivity index (χ4n) is 2.15. The summed E-state index contributed by atoms with van der Waals surface area (Å²) in [5.41, 5.74) is 0. The summed E-state index contributed by atoms with van der Waals surface area (Å²) in [6.07, 6.45) is 4.50. The molecular weight excluding hydrogens is 346 g/mol. The van der Waals surface area contributed by atoms with Gasteiger partial charge in [-0.25, -0.2) is 4.98 Å². The number of nitrogens with zero attached hydrogens (tertiary/aromatic N) is 2. The van der Waals surface area contributed by atoms with Gasteiger partial charge in [0, 0.05) is 23.3 Å². The van der Waals surface area contributed by atoms with Crippen molar-refractivity contribution in [2.45, 2.75) is 25.8 Å². The number of pyridine rings is 1. The Hall–Kier alpha value is -0.130. The fourth-order valence-corrected chi connectivity index (χ4v) is 3.25. The predicted molar refractivity (Wildman–Crippen MR) is 78.4 cm³/mol. The molecule has 0 saturated carbocycles. The Morgan fingerprint density at radius 2 is 2.12 bits per heavy atom. The zero-order chi connectivity index (χ0) is 12.3. The molecule has 0 aromatic carbocycles. The molecule has 0 aliphatic carbocycles. The Bertz CT molecular complexity index is 378. The minimum Gasteiger partial charge on any atom is -0.365 e. The van der Waals surface area contributed by atoms with Gasteiger partial charge in [0.05, 0.1) is 4.47 Å². The maximum absolute atomic E-state index is 4.37. The van der Waals surface area contributed by atoms with E-state index in [9.17, 15) is 0 Å². The van der Waals surface area contributed by atoms with Gasteiger partial charge in [-0.2, -0.15) is 0 Å². The highest BCUT2D eigenvalue weighted by atomic mass is 79.9. The molecule has 1 aliphatic rings. The van der Waals surface area contributed by atoms with Crippen LogP contribution < -0.4 is 5.32 Å². The minimum absolute atomic E-state index is 0.415. The first-order valence-corrected chi connectivity index (χ1v) is 7.53. The monoisotopic (exact) mass is 361 g/mol. The first kappa shape index (κ1) is 13.3. The van der Waals surface area contributed by atoms with Gasteiger partial charge in [-0.05, 0) is 70.8 Å². The third-order valence-corrected chi connectivity index (χ3v) is 3.96. The molecule has 1 unspecified atom stereocenters. The van der Waals surface area contributed by atoms with E-state index in [1.165, 1.54) is 25.9 Å². The standard InChI is InChI=1S/C12H17Br2N3/c1-9(8-17-4-2-3-5-17)16-12-11(14)6-10(13)7-15-12/h6-7,9H,2-5,8H2,1H3,(H,15,16). The molecule has 1 aromatic heterocycles. The summed E-state index contributed by atoms with van der Waals surface area (Å²) >= 11 is 6.92. The quantitative estimate of drug-likeness (QED) is 0.888. The Kier molecular flexibility index (Phi) is 4.82. The Balaban J connectivity index is 1.90. The van der Waals surface area contributed by atoms with E-state index >= 15 is 0 Å². The molecule has 1 N–H and O–H groups in total. The fraction of sp³-hybridized carbons (Fsp3) is 0.583. The van der Waals surface area contributed by atoms with Gasteiger partial charge in [0.15, 0.2) is 0 Å². The van der Waals surface area contributed by atoms with Crippen molar-refractivity contribution in [2.24, 2.45) is 0 Å². The average molecular weight is 363 g/mol. The van der Waals surface area contributed by atoms with Crippen LogP contribution in [0.2, 0.25) is 0 Å². The lowest BCUT2D eigenvalue weighted by molar-refractivity contribution is 0.327. The summed E-state index contributed by atoms with van der Waals surface area (Å²) in [5, 5.41) is 3.44. The second-order valence-corrected chi connectivity index (χ2v) is 6.31. The second kappa shape index (κ2) is 6.16. The highest BCUT2D eigenvalue weighted by molar-refractivity contribution is 9.11. The average Bonchev–Trinajstić information content (AvgIpc) is 2.75. The van der Waals surface area contributed by atoms with Crippen LogP contribution in [0, 0.1) is 0 Å². The van der Waals surface area contributed by atoms with E-state index in [1.54, 1.807) is 0 Å². The molecule has 1 fully saturated rings. The molecule has 1 aliphatic heterocycles. The highest BCUT2D eigenvalue weighted by Crippen LogP contribution is 2.24. The van der Waals surface area contributed by atoms with E-state index in [0.717, 1.165) is 21.3 Å². The van der Waals surface area contributed by atoms with Crippen molar-refractivity contribution in [1.29, 1.82) is 0 Å². The van der Waals surface area contributed by atoms with Crippen molar-refractivity contribution in [3.05, 3.63) is 21.2 Å². The van der Waals surface area contributed by atoms with Crippen molar-refractivity contribution >= 4 is 37.7 Å². The van der Waals surface area contributed by atoms with Gasteiger partial charge in [-0.3, -0.25) is 0 Å². The summed E-state index contributed by atoms with van der Waals surface area (Å²) in [7, 11) is 0. The topological polar surface area (TPSA) is 28.2 Å². The van der Waals surface area contributed by atoms with Gasteiger partial charge in [-0.1, -0.05) is 0 Å². The van der Waals surface area contributed by atoms with Crippen molar-refractivity contribution in [2.75, 3.05) is 25.0 Å². The third-order valence-electron chi connectivity index (χ3n) is 2.92. The maximum atomic E-state index is 4.37. The number of nitrogens with one attached hydrogen (secondary N) is 1. The van der Waals surface area contributed by atoms with Crippen LogP contribution in [0.1, 0.15) is 19.8 Å². The van der Waals surface area contributed by atoms with Crippen LogP contribution in [-0.4, -0.2) is 35.6 Å². The summed E-state index contributed by atoms with van der Waals surface area (Å²) in [4.78, 5) is 6.87. The molecule has 2 heterocycles. The molecule has 3 nitrogen and oxygen atoms in total.